The molecule has 28 heavy (non-hydrogen) atoms. The molecule has 0 spiro atoms. The maximum atomic E-state index is 13.0. The van der Waals surface area contributed by atoms with E-state index in [9.17, 15) is 9.59 Å². The summed E-state index contributed by atoms with van der Waals surface area (Å²) < 4.78 is 16.4. The van der Waals surface area contributed by atoms with Crippen molar-refractivity contribution in [1.29, 1.82) is 0 Å². The van der Waals surface area contributed by atoms with Gasteiger partial charge in [0.1, 0.15) is 5.60 Å². The molecule has 3 heterocycles. The topological polar surface area (TPSA) is 68.3 Å². The van der Waals surface area contributed by atoms with Crippen molar-refractivity contribution in [3.63, 3.8) is 0 Å². The first kappa shape index (κ1) is 18.9. The molecule has 1 aromatic carbocycles. The lowest BCUT2D eigenvalue weighted by Gasteiger charge is -2.36. The summed E-state index contributed by atoms with van der Waals surface area (Å²) in [6.45, 7) is 8.31. The number of fused-ring (bicyclic) bond motifs is 2. The molecular formula is C21H28N2O5. The van der Waals surface area contributed by atoms with E-state index in [0.29, 0.717) is 32.5 Å². The minimum absolute atomic E-state index is 0.0331. The van der Waals surface area contributed by atoms with Gasteiger partial charge in [-0.1, -0.05) is 0 Å². The highest BCUT2D eigenvalue weighted by Gasteiger charge is 2.33. The second kappa shape index (κ2) is 7.18. The number of hydrogen-bond acceptors (Lipinski definition) is 5. The molecule has 0 saturated carbocycles. The van der Waals surface area contributed by atoms with Crippen LogP contribution in [0.2, 0.25) is 0 Å². The minimum Gasteiger partial charge on any atom is -0.454 e. The van der Waals surface area contributed by atoms with Gasteiger partial charge >= 0.3 is 6.09 Å². The van der Waals surface area contributed by atoms with Crippen LogP contribution in [0.3, 0.4) is 0 Å². The van der Waals surface area contributed by atoms with E-state index < -0.39 is 5.60 Å². The van der Waals surface area contributed by atoms with Crippen molar-refractivity contribution in [1.82, 2.24) is 9.80 Å². The fourth-order valence-corrected chi connectivity index (χ4v) is 4.03. The lowest BCUT2D eigenvalue weighted by atomic mass is 9.93. The molecule has 2 amide bonds. The lowest BCUT2D eigenvalue weighted by molar-refractivity contribution is -0.138. The number of nitrogens with zero attached hydrogens (tertiary/aromatic N) is 2. The monoisotopic (exact) mass is 388 g/mol. The maximum Gasteiger partial charge on any atom is 0.410 e. The van der Waals surface area contributed by atoms with Gasteiger partial charge in [0, 0.05) is 32.1 Å². The highest BCUT2D eigenvalue weighted by molar-refractivity contribution is 5.80. The molecule has 0 bridgehead atoms. The highest BCUT2D eigenvalue weighted by Crippen LogP contribution is 2.37. The quantitative estimate of drug-likeness (QED) is 0.740. The molecule has 0 unspecified atom stereocenters. The van der Waals surface area contributed by atoms with Crippen LogP contribution in [0.1, 0.15) is 44.7 Å². The molecule has 0 atom stereocenters. The Balaban J connectivity index is 1.34. The van der Waals surface area contributed by atoms with E-state index in [4.69, 9.17) is 14.2 Å². The third-order valence-corrected chi connectivity index (χ3v) is 5.51. The van der Waals surface area contributed by atoms with Gasteiger partial charge in [-0.3, -0.25) is 4.79 Å². The fourth-order valence-electron chi connectivity index (χ4n) is 4.03. The first-order chi connectivity index (χ1) is 13.3. The summed E-state index contributed by atoms with van der Waals surface area (Å²) in [5.74, 6) is 1.72. The van der Waals surface area contributed by atoms with Gasteiger partial charge in [0.2, 0.25) is 12.7 Å². The van der Waals surface area contributed by atoms with Gasteiger partial charge in [-0.2, -0.15) is 0 Å². The van der Waals surface area contributed by atoms with Crippen molar-refractivity contribution in [3.05, 3.63) is 23.3 Å². The molecule has 1 saturated heterocycles. The van der Waals surface area contributed by atoms with Gasteiger partial charge in [0.15, 0.2) is 11.5 Å². The van der Waals surface area contributed by atoms with Gasteiger partial charge in [-0.15, -0.1) is 0 Å². The van der Waals surface area contributed by atoms with Crippen molar-refractivity contribution >= 4 is 12.0 Å². The van der Waals surface area contributed by atoms with Crippen LogP contribution in [0.25, 0.3) is 0 Å². The summed E-state index contributed by atoms with van der Waals surface area (Å²) >= 11 is 0. The van der Waals surface area contributed by atoms with E-state index in [-0.39, 0.29) is 24.7 Å². The predicted molar refractivity (Wildman–Crippen MR) is 102 cm³/mol. The van der Waals surface area contributed by atoms with E-state index in [1.165, 1.54) is 5.56 Å². The molecule has 0 N–H and O–H groups in total. The summed E-state index contributed by atoms with van der Waals surface area (Å²) in [6, 6.07) is 4.04. The molecule has 7 heteroatoms. The average Bonchev–Trinajstić information content (AvgIpc) is 3.11. The maximum absolute atomic E-state index is 13.0. The van der Waals surface area contributed by atoms with Crippen molar-refractivity contribution in [2.24, 2.45) is 5.92 Å². The average molecular weight is 388 g/mol. The number of ether oxygens (including phenoxy) is 3. The van der Waals surface area contributed by atoms with E-state index in [1.807, 2.05) is 37.8 Å². The molecule has 152 valence electrons. The van der Waals surface area contributed by atoms with Crippen LogP contribution in [0.5, 0.6) is 11.5 Å². The molecule has 3 aliphatic heterocycles. The number of carbonyl (C=O) groups excluding carboxylic acids is 2. The zero-order valence-electron chi connectivity index (χ0n) is 16.8. The Bertz CT molecular complexity index is 778. The van der Waals surface area contributed by atoms with Crippen molar-refractivity contribution in [3.8, 4) is 11.5 Å². The molecule has 1 fully saturated rings. The molecule has 1 aromatic rings. The Morgan fingerprint density at radius 1 is 1.00 bits per heavy atom. The highest BCUT2D eigenvalue weighted by atomic mass is 16.7. The first-order valence-corrected chi connectivity index (χ1v) is 9.98. The molecule has 7 nitrogen and oxygen atoms in total. The Kier molecular flexibility index (Phi) is 4.85. The zero-order chi connectivity index (χ0) is 19.9. The number of carbonyl (C=O) groups is 2. The van der Waals surface area contributed by atoms with Crippen LogP contribution >= 0.6 is 0 Å². The molecule has 4 rings (SSSR count). The normalized spacial score (nSPS) is 19.4. The number of amides is 2. The van der Waals surface area contributed by atoms with Crippen LogP contribution < -0.4 is 9.47 Å². The second-order valence-electron chi connectivity index (χ2n) is 8.73. The third kappa shape index (κ3) is 3.88. The van der Waals surface area contributed by atoms with E-state index >= 15 is 0 Å². The number of benzene rings is 1. The molecule has 0 aliphatic carbocycles. The third-order valence-electron chi connectivity index (χ3n) is 5.51. The smallest absolute Gasteiger partial charge is 0.410 e. The van der Waals surface area contributed by atoms with Gasteiger partial charge in [-0.25, -0.2) is 4.79 Å². The van der Waals surface area contributed by atoms with Crippen LogP contribution in [-0.4, -0.2) is 53.8 Å². The summed E-state index contributed by atoms with van der Waals surface area (Å²) in [5.41, 5.74) is 1.86. The minimum atomic E-state index is -0.500. The predicted octanol–water partition coefficient (Wildman–Crippen LogP) is 2.95. The van der Waals surface area contributed by atoms with Crippen LogP contribution in [-0.2, 0) is 22.5 Å². The summed E-state index contributed by atoms with van der Waals surface area (Å²) in [7, 11) is 0. The second-order valence-corrected chi connectivity index (χ2v) is 8.73. The van der Waals surface area contributed by atoms with Crippen LogP contribution in [0.15, 0.2) is 12.1 Å². The van der Waals surface area contributed by atoms with Crippen molar-refractivity contribution in [2.75, 3.05) is 26.4 Å². The van der Waals surface area contributed by atoms with Crippen LogP contribution in [0.4, 0.5) is 4.79 Å². The lowest BCUT2D eigenvalue weighted by Crippen LogP contribution is -2.46. The Labute approximate surface area is 165 Å². The van der Waals surface area contributed by atoms with Gasteiger partial charge < -0.3 is 24.0 Å². The molecule has 3 aliphatic rings. The largest absolute Gasteiger partial charge is 0.454 e. The molecule has 0 radical (unpaired) electrons. The van der Waals surface area contributed by atoms with E-state index in [2.05, 4.69) is 0 Å². The summed E-state index contributed by atoms with van der Waals surface area (Å²) in [4.78, 5) is 28.9. The van der Waals surface area contributed by atoms with Crippen molar-refractivity contribution < 1.29 is 23.8 Å². The summed E-state index contributed by atoms with van der Waals surface area (Å²) in [5, 5.41) is 0. The van der Waals surface area contributed by atoms with E-state index in [1.54, 1.807) is 4.90 Å². The Morgan fingerprint density at radius 3 is 2.29 bits per heavy atom. The number of rotatable bonds is 1. The number of piperidine rings is 1. The Morgan fingerprint density at radius 2 is 1.64 bits per heavy atom. The number of hydrogen-bond donors (Lipinski definition) is 0. The standard InChI is InChI=1S/C21H28N2O5/c1-21(2,3)28-20(25)22-7-4-14(5-8-22)19(24)23-9-6-15-10-17-18(27-13-26-17)11-16(15)12-23/h10-11,14H,4-9,12-13H2,1-3H3. The SMILES string of the molecule is CC(C)(C)OC(=O)N1CCC(C(=O)N2CCc3cc4c(cc3C2)OCO4)CC1. The number of likely N-dealkylation sites (tertiary alicyclic amines) is 1. The van der Waals surface area contributed by atoms with Gasteiger partial charge in [0.25, 0.3) is 0 Å². The van der Waals surface area contributed by atoms with Crippen LogP contribution in [0, 0.1) is 5.92 Å². The van der Waals surface area contributed by atoms with Crippen molar-refractivity contribution in [2.45, 2.75) is 52.2 Å². The summed E-state index contributed by atoms with van der Waals surface area (Å²) in [6.07, 6.45) is 1.90. The zero-order valence-corrected chi connectivity index (χ0v) is 16.8. The fraction of sp³-hybridized carbons (Fsp3) is 0.619. The van der Waals surface area contributed by atoms with Gasteiger partial charge in [-0.05, 0) is 63.3 Å². The Hall–Kier alpha value is -2.44. The van der Waals surface area contributed by atoms with E-state index in [0.717, 1.165) is 30.0 Å². The molecular weight excluding hydrogens is 360 g/mol. The molecule has 0 aromatic heterocycles. The van der Waals surface area contributed by atoms with Gasteiger partial charge in [0.05, 0.1) is 0 Å². The first-order valence-electron chi connectivity index (χ1n) is 9.98.